The van der Waals surface area contributed by atoms with Gasteiger partial charge in [-0.1, -0.05) is 43.3 Å². The minimum Gasteiger partial charge on any atom is -0.490 e. The summed E-state index contributed by atoms with van der Waals surface area (Å²) in [5, 5.41) is 12.1. The molecule has 0 aromatic heterocycles. The SMILES string of the molecule is CCc1cc(C)cc(OCCOc2cccc(/C=C(\C#N)C(=O)Nc3ccccc3)c2)c1. The van der Waals surface area contributed by atoms with Crippen LogP contribution < -0.4 is 14.8 Å². The Hall–Kier alpha value is -4.04. The average Bonchev–Trinajstić information content (AvgIpc) is 2.81. The van der Waals surface area contributed by atoms with Crippen molar-refractivity contribution in [2.24, 2.45) is 0 Å². The van der Waals surface area contributed by atoms with Gasteiger partial charge >= 0.3 is 0 Å². The van der Waals surface area contributed by atoms with E-state index in [0.717, 1.165) is 12.2 Å². The van der Waals surface area contributed by atoms with Crippen LogP contribution in [0.4, 0.5) is 5.69 Å². The summed E-state index contributed by atoms with van der Waals surface area (Å²) in [5.74, 6) is 1.02. The molecule has 3 aromatic rings. The summed E-state index contributed by atoms with van der Waals surface area (Å²) in [6, 6.07) is 24.4. The molecule has 0 saturated carbocycles. The third-order valence-corrected chi connectivity index (χ3v) is 4.71. The molecule has 0 aliphatic rings. The minimum absolute atomic E-state index is 0.0144. The number of amides is 1. The number of nitrogens with zero attached hydrogens (tertiary/aromatic N) is 1. The highest BCUT2D eigenvalue weighted by Gasteiger charge is 2.09. The fraction of sp³-hybridized carbons (Fsp3) is 0.185. The van der Waals surface area contributed by atoms with Crippen molar-refractivity contribution in [3.05, 3.63) is 95.1 Å². The lowest BCUT2D eigenvalue weighted by Gasteiger charge is -2.11. The average molecular weight is 427 g/mol. The van der Waals surface area contributed by atoms with E-state index in [-0.39, 0.29) is 5.57 Å². The van der Waals surface area contributed by atoms with Crippen LogP contribution in [0, 0.1) is 18.3 Å². The number of carbonyl (C=O) groups excluding carboxylic acids is 1. The van der Waals surface area contributed by atoms with Crippen molar-refractivity contribution in [1.29, 1.82) is 5.26 Å². The highest BCUT2D eigenvalue weighted by molar-refractivity contribution is 6.09. The van der Waals surface area contributed by atoms with E-state index in [4.69, 9.17) is 9.47 Å². The zero-order valence-corrected chi connectivity index (χ0v) is 18.3. The van der Waals surface area contributed by atoms with Crippen LogP contribution in [-0.4, -0.2) is 19.1 Å². The van der Waals surface area contributed by atoms with Gasteiger partial charge in [0, 0.05) is 5.69 Å². The second-order valence-electron chi connectivity index (χ2n) is 7.27. The number of nitriles is 1. The van der Waals surface area contributed by atoms with Gasteiger partial charge in [-0.25, -0.2) is 0 Å². The van der Waals surface area contributed by atoms with Crippen molar-refractivity contribution in [3.63, 3.8) is 0 Å². The molecule has 0 heterocycles. The first-order valence-corrected chi connectivity index (χ1v) is 10.5. The monoisotopic (exact) mass is 426 g/mol. The van der Waals surface area contributed by atoms with Gasteiger partial charge in [0.05, 0.1) is 0 Å². The molecule has 0 bridgehead atoms. The molecule has 0 fully saturated rings. The molecule has 0 unspecified atom stereocenters. The topological polar surface area (TPSA) is 71.3 Å². The summed E-state index contributed by atoms with van der Waals surface area (Å²) in [6.45, 7) is 4.96. The highest BCUT2D eigenvalue weighted by Crippen LogP contribution is 2.19. The predicted molar refractivity (Wildman–Crippen MR) is 127 cm³/mol. The van der Waals surface area contributed by atoms with E-state index < -0.39 is 5.91 Å². The van der Waals surface area contributed by atoms with E-state index in [0.29, 0.717) is 30.2 Å². The van der Waals surface area contributed by atoms with Gasteiger partial charge in [-0.3, -0.25) is 4.79 Å². The maximum absolute atomic E-state index is 12.4. The molecule has 0 radical (unpaired) electrons. The summed E-state index contributed by atoms with van der Waals surface area (Å²) in [5.41, 5.74) is 3.76. The number of nitrogens with one attached hydrogen (secondary N) is 1. The van der Waals surface area contributed by atoms with Gasteiger partial charge in [0.25, 0.3) is 5.91 Å². The largest absolute Gasteiger partial charge is 0.490 e. The second-order valence-corrected chi connectivity index (χ2v) is 7.27. The van der Waals surface area contributed by atoms with Gasteiger partial charge in [0.1, 0.15) is 36.4 Å². The Labute approximate surface area is 188 Å². The Morgan fingerprint density at radius 3 is 2.44 bits per heavy atom. The summed E-state index contributed by atoms with van der Waals surface area (Å²) in [6.07, 6.45) is 2.50. The first-order chi connectivity index (χ1) is 15.6. The first kappa shape index (κ1) is 22.6. The third kappa shape index (κ3) is 6.75. The maximum atomic E-state index is 12.4. The van der Waals surface area contributed by atoms with Gasteiger partial charge in [-0.2, -0.15) is 5.26 Å². The predicted octanol–water partition coefficient (Wildman–Crippen LogP) is 5.56. The van der Waals surface area contributed by atoms with Crippen LogP contribution in [0.15, 0.2) is 78.4 Å². The van der Waals surface area contributed by atoms with Crippen LogP contribution in [0.5, 0.6) is 11.5 Å². The van der Waals surface area contributed by atoms with E-state index in [1.807, 2.05) is 54.6 Å². The Morgan fingerprint density at radius 2 is 1.72 bits per heavy atom. The van der Waals surface area contributed by atoms with Gasteiger partial charge in [-0.15, -0.1) is 0 Å². The van der Waals surface area contributed by atoms with Crippen molar-refractivity contribution < 1.29 is 14.3 Å². The number of rotatable bonds is 9. The van der Waals surface area contributed by atoms with Crippen molar-refractivity contribution in [2.75, 3.05) is 18.5 Å². The lowest BCUT2D eigenvalue weighted by atomic mass is 10.1. The molecule has 162 valence electrons. The molecule has 3 aromatic carbocycles. The lowest BCUT2D eigenvalue weighted by molar-refractivity contribution is -0.112. The van der Waals surface area contributed by atoms with Crippen LogP contribution in [0.1, 0.15) is 23.6 Å². The molecule has 0 aliphatic heterocycles. The summed E-state index contributed by atoms with van der Waals surface area (Å²) in [4.78, 5) is 12.4. The number of anilines is 1. The molecule has 1 N–H and O–H groups in total. The second kappa shape index (κ2) is 11.4. The quantitative estimate of drug-likeness (QED) is 0.276. The van der Waals surface area contributed by atoms with Crippen molar-refractivity contribution >= 4 is 17.7 Å². The highest BCUT2D eigenvalue weighted by atomic mass is 16.5. The number of ether oxygens (including phenoxy) is 2. The Balaban J connectivity index is 1.58. The molecule has 32 heavy (non-hydrogen) atoms. The molecule has 5 heteroatoms. The Morgan fingerprint density at radius 1 is 0.969 bits per heavy atom. The fourth-order valence-electron chi connectivity index (χ4n) is 3.16. The maximum Gasteiger partial charge on any atom is 0.266 e. The standard InChI is InChI=1S/C27H26N2O3/c1-3-21-14-20(2)15-26(17-21)32-13-12-31-25-11-7-8-22(18-25)16-23(19-28)27(30)29-24-9-5-4-6-10-24/h4-11,14-18H,3,12-13H2,1-2H3,(H,29,30)/b23-16+. The molecule has 1 amide bonds. The summed E-state index contributed by atoms with van der Waals surface area (Å²) in [7, 11) is 0. The Bertz CT molecular complexity index is 1130. The van der Waals surface area contributed by atoms with Crippen LogP contribution >= 0.6 is 0 Å². The van der Waals surface area contributed by atoms with Gasteiger partial charge in [-0.05, 0) is 72.5 Å². The van der Waals surface area contributed by atoms with E-state index in [9.17, 15) is 10.1 Å². The molecule has 0 atom stereocenters. The third-order valence-electron chi connectivity index (χ3n) is 4.71. The van der Waals surface area contributed by atoms with E-state index in [1.54, 1.807) is 24.3 Å². The molecular formula is C27H26N2O3. The molecule has 3 rings (SSSR count). The lowest BCUT2D eigenvalue weighted by Crippen LogP contribution is -2.13. The van der Waals surface area contributed by atoms with E-state index >= 15 is 0 Å². The number of para-hydroxylation sites is 1. The van der Waals surface area contributed by atoms with Crippen molar-refractivity contribution in [2.45, 2.75) is 20.3 Å². The fourth-order valence-corrected chi connectivity index (χ4v) is 3.16. The first-order valence-electron chi connectivity index (χ1n) is 10.5. The van der Waals surface area contributed by atoms with Gasteiger partial charge in [0.2, 0.25) is 0 Å². The van der Waals surface area contributed by atoms with Crippen LogP contribution in [0.2, 0.25) is 0 Å². The van der Waals surface area contributed by atoms with Crippen LogP contribution in [0.25, 0.3) is 6.08 Å². The summed E-state index contributed by atoms with van der Waals surface area (Å²) < 4.78 is 11.6. The smallest absolute Gasteiger partial charge is 0.266 e. The van der Waals surface area contributed by atoms with E-state index in [1.165, 1.54) is 11.1 Å². The molecule has 0 saturated heterocycles. The molecule has 0 aliphatic carbocycles. The number of hydrogen-bond acceptors (Lipinski definition) is 4. The number of hydrogen-bond donors (Lipinski definition) is 1. The molecule has 0 spiro atoms. The van der Waals surface area contributed by atoms with Crippen LogP contribution in [0.3, 0.4) is 0 Å². The van der Waals surface area contributed by atoms with Gasteiger partial charge in [0.15, 0.2) is 0 Å². The zero-order chi connectivity index (χ0) is 22.8. The Kier molecular flexibility index (Phi) is 8.05. The molecular weight excluding hydrogens is 400 g/mol. The summed E-state index contributed by atoms with van der Waals surface area (Å²) >= 11 is 0. The number of benzene rings is 3. The normalized spacial score (nSPS) is 10.8. The van der Waals surface area contributed by atoms with Crippen LogP contribution in [-0.2, 0) is 11.2 Å². The number of carbonyl (C=O) groups is 1. The minimum atomic E-state index is -0.456. The number of aryl methyl sites for hydroxylation is 2. The van der Waals surface area contributed by atoms with Crippen molar-refractivity contribution in [1.82, 2.24) is 0 Å². The van der Waals surface area contributed by atoms with Gasteiger partial charge < -0.3 is 14.8 Å². The zero-order valence-electron chi connectivity index (χ0n) is 18.3. The van der Waals surface area contributed by atoms with E-state index in [2.05, 4.69) is 25.2 Å². The van der Waals surface area contributed by atoms with Crippen molar-refractivity contribution in [3.8, 4) is 17.6 Å². The molecule has 5 nitrogen and oxygen atoms in total.